The molecule has 8 heteroatoms. The SMILES string of the molecule is CCc1ccc(C(C(=O)Nc2cc(C(C)CC(=O)OC(C)(C)C)ccc2Cl)C(C)C(F)(F)F)cc1. The maximum absolute atomic E-state index is 13.7. The van der Waals surface area contributed by atoms with E-state index in [2.05, 4.69) is 5.32 Å². The number of esters is 1. The Morgan fingerprint density at radius 1 is 1.00 bits per heavy atom. The van der Waals surface area contributed by atoms with Crippen LogP contribution in [0.2, 0.25) is 5.02 Å². The van der Waals surface area contributed by atoms with E-state index in [0.29, 0.717) is 5.56 Å². The van der Waals surface area contributed by atoms with Gasteiger partial charge in [0, 0.05) is 0 Å². The molecule has 0 aliphatic rings. The Morgan fingerprint density at radius 2 is 1.57 bits per heavy atom. The predicted octanol–water partition coefficient (Wildman–Crippen LogP) is 7.66. The Hall–Kier alpha value is -2.54. The zero-order valence-electron chi connectivity index (χ0n) is 20.9. The van der Waals surface area contributed by atoms with Gasteiger partial charge in [-0.25, -0.2) is 0 Å². The minimum atomic E-state index is -4.57. The first kappa shape index (κ1) is 28.7. The summed E-state index contributed by atoms with van der Waals surface area (Å²) >= 11 is 6.27. The second kappa shape index (κ2) is 11.5. The molecular weight excluding hydrogens is 479 g/mol. The summed E-state index contributed by atoms with van der Waals surface area (Å²) < 4.78 is 46.4. The highest BCUT2D eigenvalue weighted by atomic mass is 35.5. The van der Waals surface area contributed by atoms with Gasteiger partial charge in [-0.1, -0.05) is 62.7 Å². The van der Waals surface area contributed by atoms with Crippen LogP contribution in [0.5, 0.6) is 0 Å². The molecule has 0 fully saturated rings. The van der Waals surface area contributed by atoms with Crippen molar-refractivity contribution in [3.8, 4) is 0 Å². The molecule has 1 amide bonds. The highest BCUT2D eigenvalue weighted by Crippen LogP contribution is 2.39. The van der Waals surface area contributed by atoms with Crippen LogP contribution in [-0.2, 0) is 20.7 Å². The van der Waals surface area contributed by atoms with Crippen LogP contribution in [0.1, 0.15) is 76.5 Å². The molecule has 0 aromatic heterocycles. The summed E-state index contributed by atoms with van der Waals surface area (Å²) in [5, 5.41) is 2.78. The van der Waals surface area contributed by atoms with Crippen LogP contribution >= 0.6 is 11.6 Å². The van der Waals surface area contributed by atoms with Crippen LogP contribution in [0.3, 0.4) is 0 Å². The number of nitrogens with one attached hydrogen (secondary N) is 1. The Balaban J connectivity index is 2.31. The van der Waals surface area contributed by atoms with Gasteiger partial charge in [-0.2, -0.15) is 13.2 Å². The van der Waals surface area contributed by atoms with Gasteiger partial charge in [0.15, 0.2) is 0 Å². The number of amides is 1. The number of anilines is 1. The van der Waals surface area contributed by atoms with Crippen molar-refractivity contribution in [3.05, 3.63) is 64.2 Å². The van der Waals surface area contributed by atoms with Gasteiger partial charge < -0.3 is 10.1 Å². The largest absolute Gasteiger partial charge is 0.460 e. The summed E-state index contributed by atoms with van der Waals surface area (Å²) in [5.74, 6) is -4.81. The third-order valence-corrected chi connectivity index (χ3v) is 6.09. The lowest BCUT2D eigenvalue weighted by Gasteiger charge is -2.26. The van der Waals surface area contributed by atoms with E-state index in [1.54, 1.807) is 63.2 Å². The summed E-state index contributed by atoms with van der Waals surface area (Å²) in [5.41, 5.74) is 1.51. The molecular formula is C27H33ClF3NO3. The number of rotatable bonds is 8. The summed E-state index contributed by atoms with van der Waals surface area (Å²) in [6.07, 6.45) is -3.74. The van der Waals surface area contributed by atoms with E-state index in [9.17, 15) is 22.8 Å². The lowest BCUT2D eigenvalue weighted by Crippen LogP contribution is -2.34. The number of carbonyl (C=O) groups is 2. The minimum absolute atomic E-state index is 0.101. The minimum Gasteiger partial charge on any atom is -0.460 e. The number of alkyl halides is 3. The lowest BCUT2D eigenvalue weighted by molar-refractivity contribution is -0.178. The zero-order valence-corrected chi connectivity index (χ0v) is 21.7. The number of hydrogen-bond donors (Lipinski definition) is 1. The van der Waals surface area contributed by atoms with Crippen molar-refractivity contribution in [2.24, 2.45) is 5.92 Å². The number of carbonyl (C=O) groups excluding carboxylic acids is 2. The second-order valence-electron chi connectivity index (χ2n) is 9.82. The molecule has 1 N–H and O–H groups in total. The maximum atomic E-state index is 13.7. The molecule has 0 aliphatic carbocycles. The maximum Gasteiger partial charge on any atom is 0.392 e. The van der Waals surface area contributed by atoms with E-state index in [4.69, 9.17) is 16.3 Å². The summed E-state index contributed by atoms with van der Waals surface area (Å²) in [6.45, 7) is 10.1. The molecule has 3 unspecified atom stereocenters. The van der Waals surface area contributed by atoms with E-state index in [1.807, 2.05) is 13.8 Å². The number of benzene rings is 2. The van der Waals surface area contributed by atoms with Crippen molar-refractivity contribution in [2.45, 2.75) is 78.0 Å². The van der Waals surface area contributed by atoms with Gasteiger partial charge in [-0.15, -0.1) is 0 Å². The fraction of sp³-hybridized carbons (Fsp3) is 0.481. The van der Waals surface area contributed by atoms with Gasteiger partial charge in [0.2, 0.25) is 5.91 Å². The standard InChI is InChI=1S/C27H33ClF3NO3/c1-7-18-8-10-19(11-9-18)24(17(3)27(29,30)31)25(34)32-22-15-20(12-13-21(22)28)16(2)14-23(33)35-26(4,5)6/h8-13,15-17,24H,7,14H2,1-6H3,(H,32,34). The van der Waals surface area contributed by atoms with Crippen LogP contribution in [-0.4, -0.2) is 23.7 Å². The Morgan fingerprint density at radius 3 is 2.09 bits per heavy atom. The van der Waals surface area contributed by atoms with E-state index in [-0.39, 0.29) is 34.6 Å². The molecule has 4 nitrogen and oxygen atoms in total. The normalized spacial score (nSPS) is 14.7. The first-order valence-electron chi connectivity index (χ1n) is 11.6. The van der Waals surface area contributed by atoms with Crippen LogP contribution in [0.4, 0.5) is 18.9 Å². The van der Waals surface area contributed by atoms with Crippen LogP contribution in [0.15, 0.2) is 42.5 Å². The highest BCUT2D eigenvalue weighted by Gasteiger charge is 2.45. The van der Waals surface area contributed by atoms with E-state index in [1.165, 1.54) is 0 Å². The molecule has 0 heterocycles. The number of aryl methyl sites for hydroxylation is 1. The van der Waals surface area contributed by atoms with Crippen molar-refractivity contribution < 1.29 is 27.5 Å². The average molecular weight is 512 g/mol. The molecule has 2 aromatic carbocycles. The van der Waals surface area contributed by atoms with Gasteiger partial charge in [0.1, 0.15) is 5.60 Å². The molecule has 0 bridgehead atoms. The van der Waals surface area contributed by atoms with E-state index in [0.717, 1.165) is 18.9 Å². The molecule has 0 aliphatic heterocycles. The van der Waals surface area contributed by atoms with Gasteiger partial charge in [0.25, 0.3) is 0 Å². The van der Waals surface area contributed by atoms with Crippen molar-refractivity contribution in [2.75, 3.05) is 5.32 Å². The Bertz CT molecular complexity index is 1030. The second-order valence-corrected chi connectivity index (χ2v) is 10.2. The smallest absolute Gasteiger partial charge is 0.392 e. The van der Waals surface area contributed by atoms with Crippen molar-refractivity contribution >= 4 is 29.2 Å². The van der Waals surface area contributed by atoms with Gasteiger partial charge in [-0.05, 0) is 61.9 Å². The first-order chi connectivity index (χ1) is 16.1. The van der Waals surface area contributed by atoms with Gasteiger partial charge >= 0.3 is 12.1 Å². The fourth-order valence-corrected chi connectivity index (χ4v) is 3.89. The fourth-order valence-electron chi connectivity index (χ4n) is 3.72. The average Bonchev–Trinajstić information content (AvgIpc) is 2.73. The Labute approximate surface area is 210 Å². The summed E-state index contributed by atoms with van der Waals surface area (Å²) in [6, 6.07) is 11.4. The van der Waals surface area contributed by atoms with E-state index < -0.39 is 29.5 Å². The predicted molar refractivity (Wildman–Crippen MR) is 133 cm³/mol. The number of ether oxygens (including phenoxy) is 1. The number of hydrogen-bond acceptors (Lipinski definition) is 3. The quantitative estimate of drug-likeness (QED) is 0.370. The molecule has 3 atom stereocenters. The molecule has 35 heavy (non-hydrogen) atoms. The van der Waals surface area contributed by atoms with Crippen molar-refractivity contribution in [1.82, 2.24) is 0 Å². The topological polar surface area (TPSA) is 55.4 Å². The van der Waals surface area contributed by atoms with Crippen LogP contribution in [0, 0.1) is 5.92 Å². The van der Waals surface area contributed by atoms with Gasteiger partial charge in [-0.3, -0.25) is 9.59 Å². The summed E-state index contributed by atoms with van der Waals surface area (Å²) in [4.78, 5) is 25.4. The highest BCUT2D eigenvalue weighted by molar-refractivity contribution is 6.33. The summed E-state index contributed by atoms with van der Waals surface area (Å²) in [7, 11) is 0. The Kier molecular flexibility index (Phi) is 9.40. The van der Waals surface area contributed by atoms with E-state index >= 15 is 0 Å². The monoisotopic (exact) mass is 511 g/mol. The third-order valence-electron chi connectivity index (χ3n) is 5.76. The molecule has 0 saturated carbocycles. The van der Waals surface area contributed by atoms with Crippen molar-refractivity contribution in [3.63, 3.8) is 0 Å². The van der Waals surface area contributed by atoms with Crippen LogP contribution in [0.25, 0.3) is 0 Å². The number of halogens is 4. The molecule has 2 aromatic rings. The van der Waals surface area contributed by atoms with Gasteiger partial charge in [0.05, 0.1) is 29.0 Å². The first-order valence-corrected chi connectivity index (χ1v) is 12.0. The van der Waals surface area contributed by atoms with Crippen molar-refractivity contribution in [1.29, 1.82) is 0 Å². The molecule has 0 spiro atoms. The lowest BCUT2D eigenvalue weighted by atomic mass is 9.85. The zero-order chi connectivity index (χ0) is 26.6. The molecule has 0 saturated heterocycles. The molecule has 192 valence electrons. The van der Waals surface area contributed by atoms with Crippen LogP contribution < -0.4 is 5.32 Å². The third kappa shape index (κ3) is 8.27. The molecule has 2 rings (SSSR count). The molecule has 0 radical (unpaired) electrons.